The van der Waals surface area contributed by atoms with E-state index in [0.29, 0.717) is 5.56 Å². The third-order valence-corrected chi connectivity index (χ3v) is 2.81. The van der Waals surface area contributed by atoms with Crippen LogP contribution >= 0.6 is 0 Å². The average Bonchev–Trinajstić information content (AvgIpc) is 2.42. The van der Waals surface area contributed by atoms with Gasteiger partial charge in [0.05, 0.1) is 5.69 Å². The van der Waals surface area contributed by atoms with Gasteiger partial charge < -0.3 is 5.32 Å². The molecule has 2 aromatic carbocycles. The number of halogens is 2. The number of carbonyl (C=O) groups excluding carboxylic acids is 1. The molecule has 0 heterocycles. The topological polar surface area (TPSA) is 52.9 Å². The van der Waals surface area contributed by atoms with Crippen molar-refractivity contribution in [3.05, 3.63) is 64.7 Å². The Morgan fingerprint density at radius 3 is 2.60 bits per heavy atom. The smallest absolute Gasteiger partial charge is 0.255 e. The molecular formula is C15H10F2N2O. The van der Waals surface area contributed by atoms with Crippen LogP contribution in [0, 0.1) is 29.9 Å². The fraction of sp³-hybridized carbons (Fsp3) is 0.0667. The second kappa shape index (κ2) is 5.49. The van der Waals surface area contributed by atoms with E-state index in [4.69, 9.17) is 5.26 Å². The van der Waals surface area contributed by atoms with Gasteiger partial charge in [0, 0.05) is 5.56 Å². The Morgan fingerprint density at radius 2 is 1.95 bits per heavy atom. The second-order valence-corrected chi connectivity index (χ2v) is 4.19. The molecule has 0 spiro atoms. The highest BCUT2D eigenvalue weighted by Gasteiger charge is 2.13. The number of aryl methyl sites for hydroxylation is 1. The molecule has 20 heavy (non-hydrogen) atoms. The Hall–Kier alpha value is -2.74. The van der Waals surface area contributed by atoms with Gasteiger partial charge in [-0.05, 0) is 36.8 Å². The molecular weight excluding hydrogens is 262 g/mol. The summed E-state index contributed by atoms with van der Waals surface area (Å²) in [6.45, 7) is 1.58. The number of hydrogen-bond donors (Lipinski definition) is 1. The van der Waals surface area contributed by atoms with Crippen molar-refractivity contribution < 1.29 is 13.6 Å². The first kappa shape index (κ1) is 13.7. The number of nitrogens with one attached hydrogen (secondary N) is 1. The minimum atomic E-state index is -0.722. The van der Waals surface area contributed by atoms with E-state index in [9.17, 15) is 13.6 Å². The number of carbonyl (C=O) groups is 1. The Morgan fingerprint density at radius 1 is 1.20 bits per heavy atom. The molecule has 2 rings (SSSR count). The minimum Gasteiger partial charge on any atom is -0.321 e. The summed E-state index contributed by atoms with van der Waals surface area (Å²) in [5.41, 5.74) is 0.318. The van der Waals surface area contributed by atoms with Crippen molar-refractivity contribution in [2.24, 2.45) is 0 Å². The van der Waals surface area contributed by atoms with Crippen LogP contribution in [-0.2, 0) is 0 Å². The number of anilines is 1. The van der Waals surface area contributed by atoms with E-state index >= 15 is 0 Å². The normalized spacial score (nSPS) is 9.90. The molecule has 0 aromatic heterocycles. The number of nitrogens with zero attached hydrogens (tertiary/aromatic N) is 1. The fourth-order valence-electron chi connectivity index (χ4n) is 1.67. The molecule has 3 nitrogen and oxygen atoms in total. The van der Waals surface area contributed by atoms with Gasteiger partial charge in [-0.1, -0.05) is 12.1 Å². The Labute approximate surface area is 114 Å². The van der Waals surface area contributed by atoms with Gasteiger partial charge in [0.1, 0.15) is 23.3 Å². The van der Waals surface area contributed by atoms with Crippen LogP contribution in [0.5, 0.6) is 0 Å². The number of hydrogen-bond acceptors (Lipinski definition) is 2. The molecule has 5 heteroatoms. The Balaban J connectivity index is 2.31. The Kier molecular flexibility index (Phi) is 3.76. The van der Waals surface area contributed by atoms with Crippen LogP contribution in [0.4, 0.5) is 14.5 Å². The van der Waals surface area contributed by atoms with Crippen LogP contribution in [0.2, 0.25) is 0 Å². The highest BCUT2D eigenvalue weighted by Crippen LogP contribution is 2.19. The molecule has 0 aliphatic carbocycles. The highest BCUT2D eigenvalue weighted by molar-refractivity contribution is 6.04. The van der Waals surface area contributed by atoms with Crippen LogP contribution in [0.1, 0.15) is 21.5 Å². The fourth-order valence-corrected chi connectivity index (χ4v) is 1.67. The van der Waals surface area contributed by atoms with E-state index in [1.54, 1.807) is 13.0 Å². The van der Waals surface area contributed by atoms with Gasteiger partial charge in [-0.15, -0.1) is 0 Å². The summed E-state index contributed by atoms with van der Waals surface area (Å²) in [7, 11) is 0. The van der Waals surface area contributed by atoms with Crippen LogP contribution in [0.25, 0.3) is 0 Å². The van der Waals surface area contributed by atoms with E-state index in [1.807, 2.05) is 0 Å². The number of rotatable bonds is 2. The number of amides is 1. The zero-order chi connectivity index (χ0) is 14.7. The summed E-state index contributed by atoms with van der Waals surface area (Å²) in [5, 5.41) is 11.3. The van der Waals surface area contributed by atoms with Crippen molar-refractivity contribution >= 4 is 11.6 Å². The average molecular weight is 272 g/mol. The monoisotopic (exact) mass is 272 g/mol. The molecule has 100 valence electrons. The standard InChI is InChI=1S/C15H10F2N2O/c1-9-5-6-10(7-13(9)17)15(20)19-14-4-2-3-12(16)11(14)8-18/h2-7H,1H3,(H,19,20). The second-order valence-electron chi connectivity index (χ2n) is 4.19. The summed E-state index contributed by atoms with van der Waals surface area (Å²) >= 11 is 0. The van der Waals surface area contributed by atoms with E-state index in [-0.39, 0.29) is 16.8 Å². The van der Waals surface area contributed by atoms with Crippen molar-refractivity contribution in [2.75, 3.05) is 5.32 Å². The summed E-state index contributed by atoms with van der Waals surface area (Å²) in [4.78, 5) is 11.9. The first-order valence-corrected chi connectivity index (χ1v) is 5.79. The SMILES string of the molecule is Cc1ccc(C(=O)Nc2cccc(F)c2C#N)cc1F. The molecule has 0 saturated carbocycles. The zero-order valence-corrected chi connectivity index (χ0v) is 10.6. The zero-order valence-electron chi connectivity index (χ0n) is 10.6. The predicted octanol–water partition coefficient (Wildman–Crippen LogP) is 3.40. The van der Waals surface area contributed by atoms with Crippen molar-refractivity contribution in [3.8, 4) is 6.07 Å². The highest BCUT2D eigenvalue weighted by atomic mass is 19.1. The molecule has 0 aliphatic rings. The molecule has 2 aromatic rings. The van der Waals surface area contributed by atoms with Gasteiger partial charge in [0.25, 0.3) is 5.91 Å². The third kappa shape index (κ3) is 2.64. The lowest BCUT2D eigenvalue weighted by Crippen LogP contribution is -2.13. The quantitative estimate of drug-likeness (QED) is 0.911. The van der Waals surface area contributed by atoms with E-state index < -0.39 is 17.5 Å². The van der Waals surface area contributed by atoms with Crippen molar-refractivity contribution in [2.45, 2.75) is 6.92 Å². The summed E-state index contributed by atoms with van der Waals surface area (Å²) in [6.07, 6.45) is 0. The van der Waals surface area contributed by atoms with Gasteiger partial charge in [0.2, 0.25) is 0 Å². The molecule has 0 bridgehead atoms. The lowest BCUT2D eigenvalue weighted by Gasteiger charge is -2.08. The number of benzene rings is 2. The van der Waals surface area contributed by atoms with Crippen LogP contribution in [0.3, 0.4) is 0 Å². The minimum absolute atomic E-state index is 0.0542. The van der Waals surface area contributed by atoms with Gasteiger partial charge in [-0.3, -0.25) is 4.79 Å². The van der Waals surface area contributed by atoms with Crippen molar-refractivity contribution in [1.29, 1.82) is 5.26 Å². The third-order valence-electron chi connectivity index (χ3n) is 2.81. The summed E-state index contributed by atoms with van der Waals surface area (Å²) in [6, 6.07) is 9.61. The molecule has 0 aliphatic heterocycles. The van der Waals surface area contributed by atoms with Crippen molar-refractivity contribution in [1.82, 2.24) is 0 Å². The first-order valence-electron chi connectivity index (χ1n) is 5.79. The van der Waals surface area contributed by atoms with Gasteiger partial charge in [0.15, 0.2) is 0 Å². The lowest BCUT2D eigenvalue weighted by atomic mass is 10.1. The Bertz CT molecular complexity index is 720. The summed E-state index contributed by atoms with van der Waals surface area (Å²) < 4.78 is 26.8. The van der Waals surface area contributed by atoms with Crippen molar-refractivity contribution in [3.63, 3.8) is 0 Å². The first-order chi connectivity index (χ1) is 9.52. The number of nitriles is 1. The maximum absolute atomic E-state index is 13.4. The molecule has 1 amide bonds. The molecule has 0 fully saturated rings. The molecule has 0 atom stereocenters. The molecule has 0 saturated heterocycles. The van der Waals surface area contributed by atoms with E-state index in [2.05, 4.69) is 5.32 Å². The van der Waals surface area contributed by atoms with E-state index in [0.717, 1.165) is 12.1 Å². The molecule has 1 N–H and O–H groups in total. The van der Waals surface area contributed by atoms with Gasteiger partial charge >= 0.3 is 0 Å². The maximum atomic E-state index is 13.4. The summed E-state index contributed by atoms with van der Waals surface area (Å²) in [5.74, 6) is -1.83. The maximum Gasteiger partial charge on any atom is 0.255 e. The molecule has 0 radical (unpaired) electrons. The van der Waals surface area contributed by atoms with Gasteiger partial charge in [-0.2, -0.15) is 5.26 Å². The van der Waals surface area contributed by atoms with Crippen LogP contribution < -0.4 is 5.32 Å². The van der Waals surface area contributed by atoms with Crippen LogP contribution in [-0.4, -0.2) is 5.91 Å². The van der Waals surface area contributed by atoms with E-state index in [1.165, 1.54) is 24.3 Å². The lowest BCUT2D eigenvalue weighted by molar-refractivity contribution is 0.102. The molecule has 0 unspecified atom stereocenters. The van der Waals surface area contributed by atoms with Gasteiger partial charge in [-0.25, -0.2) is 8.78 Å². The largest absolute Gasteiger partial charge is 0.321 e. The van der Waals surface area contributed by atoms with Crippen LogP contribution in [0.15, 0.2) is 36.4 Å². The predicted molar refractivity (Wildman–Crippen MR) is 70.2 cm³/mol.